The smallest absolute Gasteiger partial charge is 0.310 e. The Morgan fingerprint density at radius 1 is 1.31 bits per heavy atom. The molecule has 0 aromatic heterocycles. The second-order valence-electron chi connectivity index (χ2n) is 5.47. The molecule has 2 heteroatoms. The summed E-state index contributed by atoms with van der Waals surface area (Å²) in [5, 5.41) is 0. The number of ether oxygens (including phenoxy) is 1. The molecule has 2 saturated carbocycles. The molecule has 0 bridgehead atoms. The first-order valence-corrected chi connectivity index (χ1v) is 5.31. The summed E-state index contributed by atoms with van der Waals surface area (Å²) in [5.41, 5.74) is 0.213. The lowest BCUT2D eigenvalue weighted by molar-refractivity contribution is -0.156. The van der Waals surface area contributed by atoms with Crippen LogP contribution in [0.2, 0.25) is 0 Å². The van der Waals surface area contributed by atoms with Crippen LogP contribution < -0.4 is 0 Å². The van der Waals surface area contributed by atoms with Crippen LogP contribution in [-0.4, -0.2) is 11.6 Å². The molecule has 3 fully saturated rings. The molecule has 0 amide bonds. The molecule has 0 radical (unpaired) electrons. The first kappa shape index (κ1) is 7.84. The van der Waals surface area contributed by atoms with Crippen LogP contribution in [0, 0.1) is 17.3 Å². The lowest BCUT2D eigenvalue weighted by Gasteiger charge is -2.28. The van der Waals surface area contributed by atoms with Crippen molar-refractivity contribution in [2.24, 2.45) is 17.3 Å². The van der Waals surface area contributed by atoms with E-state index in [0.29, 0.717) is 5.92 Å². The van der Waals surface area contributed by atoms with Gasteiger partial charge in [0.15, 0.2) is 0 Å². The van der Waals surface area contributed by atoms with Crippen LogP contribution in [-0.2, 0) is 9.53 Å². The SMILES string of the molecule is CC1(C)C2C(=O)OC3(CCCC3)C21. The standard InChI is InChI=1S/C11H16O2/c1-10(2)7-8(10)11(13-9(7)12)5-3-4-6-11/h7-8H,3-6H2,1-2H3. The Balaban J connectivity index is 1.97. The monoisotopic (exact) mass is 180 g/mol. The number of hydrogen-bond donors (Lipinski definition) is 0. The third kappa shape index (κ3) is 0.733. The van der Waals surface area contributed by atoms with E-state index in [9.17, 15) is 4.79 Å². The van der Waals surface area contributed by atoms with E-state index in [0.717, 1.165) is 12.8 Å². The third-order valence-corrected chi connectivity index (χ3v) is 4.40. The summed E-state index contributed by atoms with van der Waals surface area (Å²) in [4.78, 5) is 11.6. The Kier molecular flexibility index (Phi) is 1.17. The van der Waals surface area contributed by atoms with Crippen LogP contribution in [0.3, 0.4) is 0 Å². The molecule has 1 saturated heterocycles. The van der Waals surface area contributed by atoms with Gasteiger partial charge in [-0.25, -0.2) is 0 Å². The van der Waals surface area contributed by atoms with Gasteiger partial charge in [0.1, 0.15) is 5.60 Å². The minimum Gasteiger partial charge on any atom is -0.458 e. The lowest BCUT2D eigenvalue weighted by Crippen LogP contribution is -2.32. The molecule has 3 aliphatic rings. The summed E-state index contributed by atoms with van der Waals surface area (Å²) in [5.74, 6) is 0.845. The van der Waals surface area contributed by atoms with Crippen molar-refractivity contribution in [3.63, 3.8) is 0 Å². The minimum absolute atomic E-state index is 0.0226. The Bertz CT molecular complexity index is 274. The van der Waals surface area contributed by atoms with E-state index in [1.807, 2.05) is 0 Å². The predicted octanol–water partition coefficient (Wildman–Crippen LogP) is 2.13. The Morgan fingerprint density at radius 3 is 2.38 bits per heavy atom. The van der Waals surface area contributed by atoms with Crippen molar-refractivity contribution < 1.29 is 9.53 Å². The van der Waals surface area contributed by atoms with Crippen LogP contribution in [0.4, 0.5) is 0 Å². The Morgan fingerprint density at radius 2 is 1.92 bits per heavy atom. The van der Waals surface area contributed by atoms with Gasteiger partial charge >= 0.3 is 5.97 Å². The Hall–Kier alpha value is -0.530. The van der Waals surface area contributed by atoms with Crippen molar-refractivity contribution in [1.82, 2.24) is 0 Å². The first-order valence-electron chi connectivity index (χ1n) is 5.31. The molecule has 1 heterocycles. The van der Waals surface area contributed by atoms with Crippen molar-refractivity contribution >= 4 is 5.97 Å². The quantitative estimate of drug-likeness (QED) is 0.534. The number of esters is 1. The van der Waals surface area contributed by atoms with Gasteiger partial charge in [0.2, 0.25) is 0 Å². The molecule has 2 aliphatic carbocycles. The fraction of sp³-hybridized carbons (Fsp3) is 0.909. The molecule has 1 spiro atoms. The molecule has 2 nitrogen and oxygen atoms in total. The summed E-state index contributed by atoms with van der Waals surface area (Å²) in [6, 6.07) is 0. The van der Waals surface area contributed by atoms with Gasteiger partial charge in [0.25, 0.3) is 0 Å². The van der Waals surface area contributed by atoms with Crippen LogP contribution in [0.5, 0.6) is 0 Å². The fourth-order valence-electron chi connectivity index (χ4n) is 3.77. The lowest BCUT2D eigenvalue weighted by atomic mass is 9.91. The summed E-state index contributed by atoms with van der Waals surface area (Å²) >= 11 is 0. The van der Waals surface area contributed by atoms with Gasteiger partial charge in [-0.3, -0.25) is 4.79 Å². The van der Waals surface area contributed by atoms with Crippen LogP contribution in [0.1, 0.15) is 39.5 Å². The zero-order valence-electron chi connectivity index (χ0n) is 8.30. The molecule has 2 unspecified atom stereocenters. The van der Waals surface area contributed by atoms with Crippen molar-refractivity contribution in [2.75, 3.05) is 0 Å². The molecule has 0 aromatic carbocycles. The van der Waals surface area contributed by atoms with Crippen molar-refractivity contribution in [3.8, 4) is 0 Å². The number of carbonyl (C=O) groups excluding carboxylic acids is 1. The highest BCUT2D eigenvalue weighted by molar-refractivity contribution is 5.81. The third-order valence-electron chi connectivity index (χ3n) is 4.40. The highest BCUT2D eigenvalue weighted by atomic mass is 16.6. The average molecular weight is 180 g/mol. The molecule has 0 aromatic rings. The van der Waals surface area contributed by atoms with E-state index in [-0.39, 0.29) is 22.9 Å². The second kappa shape index (κ2) is 1.94. The summed E-state index contributed by atoms with van der Waals surface area (Å²) in [7, 11) is 0. The zero-order chi connectivity index (χ0) is 9.27. The molecular formula is C11H16O2. The van der Waals surface area contributed by atoms with Crippen LogP contribution in [0.25, 0.3) is 0 Å². The van der Waals surface area contributed by atoms with E-state index in [1.165, 1.54) is 12.8 Å². The molecule has 0 N–H and O–H groups in total. The van der Waals surface area contributed by atoms with Crippen LogP contribution in [0.15, 0.2) is 0 Å². The van der Waals surface area contributed by atoms with E-state index < -0.39 is 0 Å². The maximum Gasteiger partial charge on any atom is 0.310 e. The van der Waals surface area contributed by atoms with Gasteiger partial charge in [-0.2, -0.15) is 0 Å². The normalized spacial score (nSPS) is 43.4. The van der Waals surface area contributed by atoms with Crippen molar-refractivity contribution in [2.45, 2.75) is 45.1 Å². The zero-order valence-corrected chi connectivity index (χ0v) is 8.30. The van der Waals surface area contributed by atoms with E-state index in [4.69, 9.17) is 4.74 Å². The highest BCUT2D eigenvalue weighted by Crippen LogP contribution is 2.71. The molecule has 72 valence electrons. The minimum atomic E-state index is -0.0226. The second-order valence-corrected chi connectivity index (χ2v) is 5.47. The number of rotatable bonds is 0. The number of hydrogen-bond acceptors (Lipinski definition) is 2. The first-order chi connectivity index (χ1) is 6.08. The highest BCUT2D eigenvalue weighted by Gasteiger charge is 2.76. The number of carbonyl (C=O) groups is 1. The van der Waals surface area contributed by atoms with Gasteiger partial charge in [-0.1, -0.05) is 13.8 Å². The summed E-state index contributed by atoms with van der Waals surface area (Å²) in [6.07, 6.45) is 4.71. The fourth-order valence-corrected chi connectivity index (χ4v) is 3.77. The van der Waals surface area contributed by atoms with Gasteiger partial charge in [0, 0.05) is 5.92 Å². The summed E-state index contributed by atoms with van der Waals surface area (Å²) < 4.78 is 5.57. The van der Waals surface area contributed by atoms with Gasteiger partial charge in [0.05, 0.1) is 5.92 Å². The Labute approximate surface area is 78.6 Å². The molecule has 1 aliphatic heterocycles. The topological polar surface area (TPSA) is 26.3 Å². The van der Waals surface area contributed by atoms with E-state index in [2.05, 4.69) is 13.8 Å². The average Bonchev–Trinajstić information content (AvgIpc) is 2.48. The number of fused-ring (bicyclic) bond motifs is 2. The van der Waals surface area contributed by atoms with Crippen molar-refractivity contribution in [1.29, 1.82) is 0 Å². The maximum absolute atomic E-state index is 11.6. The largest absolute Gasteiger partial charge is 0.458 e. The van der Waals surface area contributed by atoms with Crippen molar-refractivity contribution in [3.05, 3.63) is 0 Å². The van der Waals surface area contributed by atoms with E-state index >= 15 is 0 Å². The maximum atomic E-state index is 11.6. The molecule has 2 atom stereocenters. The van der Waals surface area contributed by atoms with Gasteiger partial charge in [-0.15, -0.1) is 0 Å². The predicted molar refractivity (Wildman–Crippen MR) is 48.1 cm³/mol. The van der Waals surface area contributed by atoms with Gasteiger partial charge in [-0.05, 0) is 31.1 Å². The molecule has 13 heavy (non-hydrogen) atoms. The molecule has 3 rings (SSSR count). The van der Waals surface area contributed by atoms with Gasteiger partial charge < -0.3 is 4.74 Å². The molecular weight excluding hydrogens is 164 g/mol. The van der Waals surface area contributed by atoms with E-state index in [1.54, 1.807) is 0 Å². The van der Waals surface area contributed by atoms with Crippen LogP contribution >= 0.6 is 0 Å². The summed E-state index contributed by atoms with van der Waals surface area (Å²) in [6.45, 7) is 4.42.